The molecule has 0 radical (unpaired) electrons. The zero-order valence-corrected chi connectivity index (χ0v) is 13.3. The molecule has 1 aliphatic heterocycles. The van der Waals surface area contributed by atoms with E-state index in [2.05, 4.69) is 0 Å². The van der Waals surface area contributed by atoms with Gasteiger partial charge in [0.2, 0.25) is 0 Å². The Balaban J connectivity index is 1.97. The predicted molar refractivity (Wildman–Crippen MR) is 82.1 cm³/mol. The Bertz CT molecular complexity index is 507. The fourth-order valence-corrected chi connectivity index (χ4v) is 2.66. The lowest BCUT2D eigenvalue weighted by Gasteiger charge is -2.25. The van der Waals surface area contributed by atoms with Gasteiger partial charge in [-0.05, 0) is 39.7 Å². The molecule has 116 valence electrons. The summed E-state index contributed by atoms with van der Waals surface area (Å²) in [5.74, 6) is 0.0688. The Morgan fingerprint density at radius 2 is 2.14 bits per heavy atom. The molecule has 21 heavy (non-hydrogen) atoms. The minimum atomic E-state index is -0.530. The summed E-state index contributed by atoms with van der Waals surface area (Å²) in [7, 11) is 0. The number of aliphatic hydroxyl groups excluding tert-OH is 1. The SMILES string of the molecule is Cc1cccc(C(O)C2CCN(C(=O)OC(C)(C)C)C2)c1. The summed E-state index contributed by atoms with van der Waals surface area (Å²) in [6.45, 7) is 8.78. The van der Waals surface area contributed by atoms with Crippen LogP contribution in [0.2, 0.25) is 0 Å². The normalized spacial score (nSPS) is 20.4. The van der Waals surface area contributed by atoms with Crippen molar-refractivity contribution in [3.8, 4) is 0 Å². The van der Waals surface area contributed by atoms with Crippen molar-refractivity contribution in [1.29, 1.82) is 0 Å². The van der Waals surface area contributed by atoms with E-state index in [4.69, 9.17) is 4.74 Å². The third-order valence-corrected chi connectivity index (χ3v) is 3.71. The first-order valence-corrected chi connectivity index (χ1v) is 7.49. The highest BCUT2D eigenvalue weighted by atomic mass is 16.6. The molecule has 4 heteroatoms. The molecule has 1 aliphatic rings. The number of hydrogen-bond acceptors (Lipinski definition) is 3. The van der Waals surface area contributed by atoms with Crippen LogP contribution in [-0.4, -0.2) is 34.8 Å². The first kappa shape index (κ1) is 15.8. The van der Waals surface area contributed by atoms with Crippen molar-refractivity contribution >= 4 is 6.09 Å². The Kier molecular flexibility index (Phi) is 4.57. The number of aliphatic hydroxyl groups is 1. The van der Waals surface area contributed by atoms with Gasteiger partial charge in [0.1, 0.15) is 5.60 Å². The van der Waals surface area contributed by atoms with Crippen LogP contribution < -0.4 is 0 Å². The van der Waals surface area contributed by atoms with Crippen molar-refractivity contribution in [3.63, 3.8) is 0 Å². The lowest BCUT2D eigenvalue weighted by atomic mass is 9.94. The molecule has 2 rings (SSSR count). The van der Waals surface area contributed by atoms with E-state index in [0.717, 1.165) is 17.5 Å². The van der Waals surface area contributed by atoms with E-state index in [9.17, 15) is 9.90 Å². The second kappa shape index (κ2) is 6.06. The first-order chi connectivity index (χ1) is 9.76. The van der Waals surface area contributed by atoms with Crippen molar-refractivity contribution in [1.82, 2.24) is 4.90 Å². The molecule has 1 N–H and O–H groups in total. The number of amides is 1. The van der Waals surface area contributed by atoms with Crippen LogP contribution in [0, 0.1) is 12.8 Å². The first-order valence-electron chi connectivity index (χ1n) is 7.49. The summed E-state index contributed by atoms with van der Waals surface area (Å²) in [5.41, 5.74) is 1.57. The van der Waals surface area contributed by atoms with Crippen LogP contribution in [0.3, 0.4) is 0 Å². The van der Waals surface area contributed by atoms with E-state index in [-0.39, 0.29) is 12.0 Å². The molecule has 1 aromatic carbocycles. The lowest BCUT2D eigenvalue weighted by molar-refractivity contribution is 0.0268. The second-order valence-corrected chi connectivity index (χ2v) is 6.83. The highest BCUT2D eigenvalue weighted by Gasteiger charge is 2.33. The number of hydrogen-bond donors (Lipinski definition) is 1. The van der Waals surface area contributed by atoms with Gasteiger partial charge in [-0.2, -0.15) is 0 Å². The van der Waals surface area contributed by atoms with Crippen molar-refractivity contribution in [2.45, 2.75) is 45.8 Å². The van der Waals surface area contributed by atoms with Gasteiger partial charge >= 0.3 is 6.09 Å². The van der Waals surface area contributed by atoms with Crippen molar-refractivity contribution in [2.75, 3.05) is 13.1 Å². The second-order valence-electron chi connectivity index (χ2n) is 6.83. The molecule has 4 nitrogen and oxygen atoms in total. The summed E-state index contributed by atoms with van der Waals surface area (Å²) in [4.78, 5) is 13.7. The maximum atomic E-state index is 12.0. The molecule has 0 aromatic heterocycles. The quantitative estimate of drug-likeness (QED) is 0.909. The van der Waals surface area contributed by atoms with E-state index in [1.54, 1.807) is 4.90 Å². The predicted octanol–water partition coefficient (Wildman–Crippen LogP) is 3.29. The average molecular weight is 291 g/mol. The number of nitrogens with zero attached hydrogens (tertiary/aromatic N) is 1. The van der Waals surface area contributed by atoms with Gasteiger partial charge in [0, 0.05) is 19.0 Å². The molecular weight excluding hydrogens is 266 g/mol. The molecule has 1 aromatic rings. The van der Waals surface area contributed by atoms with Crippen molar-refractivity contribution < 1.29 is 14.6 Å². The van der Waals surface area contributed by atoms with Gasteiger partial charge < -0.3 is 14.7 Å². The molecule has 0 saturated carbocycles. The van der Waals surface area contributed by atoms with Gasteiger partial charge in [-0.25, -0.2) is 4.79 Å². The van der Waals surface area contributed by atoms with Crippen LogP contribution in [0.25, 0.3) is 0 Å². The molecule has 1 amide bonds. The van der Waals surface area contributed by atoms with E-state index in [1.807, 2.05) is 52.0 Å². The summed E-state index contributed by atoms with van der Waals surface area (Å²) >= 11 is 0. The summed E-state index contributed by atoms with van der Waals surface area (Å²) < 4.78 is 5.38. The third kappa shape index (κ3) is 4.21. The van der Waals surface area contributed by atoms with Gasteiger partial charge in [0.05, 0.1) is 6.10 Å². The van der Waals surface area contributed by atoms with Gasteiger partial charge in [-0.15, -0.1) is 0 Å². The Morgan fingerprint density at radius 1 is 1.43 bits per heavy atom. The summed E-state index contributed by atoms with van der Waals surface area (Å²) in [6.07, 6.45) is -0.0206. The number of carbonyl (C=O) groups is 1. The molecule has 1 heterocycles. The van der Waals surface area contributed by atoms with Crippen LogP contribution in [0.15, 0.2) is 24.3 Å². The van der Waals surface area contributed by atoms with Gasteiger partial charge in [0.25, 0.3) is 0 Å². The fourth-order valence-electron chi connectivity index (χ4n) is 2.66. The van der Waals surface area contributed by atoms with Crippen LogP contribution in [-0.2, 0) is 4.74 Å². The number of benzene rings is 1. The molecule has 2 atom stereocenters. The van der Waals surface area contributed by atoms with Gasteiger partial charge in [-0.3, -0.25) is 0 Å². The van der Waals surface area contributed by atoms with Crippen LogP contribution >= 0.6 is 0 Å². The summed E-state index contributed by atoms with van der Waals surface area (Å²) in [5, 5.41) is 10.5. The van der Waals surface area contributed by atoms with E-state index < -0.39 is 11.7 Å². The highest BCUT2D eigenvalue weighted by molar-refractivity contribution is 5.68. The molecule has 0 spiro atoms. The summed E-state index contributed by atoms with van der Waals surface area (Å²) in [6, 6.07) is 7.90. The van der Waals surface area contributed by atoms with E-state index in [0.29, 0.717) is 13.1 Å². The number of likely N-dealkylation sites (tertiary alicyclic amines) is 1. The van der Waals surface area contributed by atoms with Crippen molar-refractivity contribution in [2.24, 2.45) is 5.92 Å². The zero-order valence-electron chi connectivity index (χ0n) is 13.3. The van der Waals surface area contributed by atoms with Crippen LogP contribution in [0.1, 0.15) is 44.4 Å². The number of ether oxygens (including phenoxy) is 1. The molecule has 2 unspecified atom stereocenters. The number of rotatable bonds is 2. The smallest absolute Gasteiger partial charge is 0.410 e. The largest absolute Gasteiger partial charge is 0.444 e. The van der Waals surface area contributed by atoms with Crippen molar-refractivity contribution in [3.05, 3.63) is 35.4 Å². The molecule has 0 aliphatic carbocycles. The maximum Gasteiger partial charge on any atom is 0.410 e. The van der Waals surface area contributed by atoms with Gasteiger partial charge in [-0.1, -0.05) is 29.8 Å². The van der Waals surface area contributed by atoms with E-state index >= 15 is 0 Å². The van der Waals surface area contributed by atoms with Gasteiger partial charge in [0.15, 0.2) is 0 Å². The minimum absolute atomic E-state index is 0.0688. The Morgan fingerprint density at radius 3 is 2.76 bits per heavy atom. The lowest BCUT2D eigenvalue weighted by Crippen LogP contribution is -2.35. The number of carbonyl (C=O) groups excluding carboxylic acids is 1. The topological polar surface area (TPSA) is 49.8 Å². The molecule has 0 bridgehead atoms. The Labute approximate surface area is 126 Å². The Hall–Kier alpha value is -1.55. The zero-order chi connectivity index (χ0) is 15.6. The van der Waals surface area contributed by atoms with E-state index in [1.165, 1.54) is 0 Å². The monoisotopic (exact) mass is 291 g/mol. The minimum Gasteiger partial charge on any atom is -0.444 e. The standard InChI is InChI=1S/C17H25NO3/c1-12-6-5-7-13(10-12)15(19)14-8-9-18(11-14)16(20)21-17(2,3)4/h5-7,10,14-15,19H,8-9,11H2,1-4H3. The fraction of sp³-hybridized carbons (Fsp3) is 0.588. The third-order valence-electron chi connectivity index (χ3n) is 3.71. The maximum absolute atomic E-state index is 12.0. The molecule has 1 saturated heterocycles. The van der Waals surface area contributed by atoms with Crippen LogP contribution in [0.4, 0.5) is 4.79 Å². The van der Waals surface area contributed by atoms with Crippen LogP contribution in [0.5, 0.6) is 0 Å². The molecule has 1 fully saturated rings. The highest BCUT2D eigenvalue weighted by Crippen LogP contribution is 2.31. The molecular formula is C17H25NO3. The number of aryl methyl sites for hydroxylation is 1. The average Bonchev–Trinajstić information content (AvgIpc) is 2.85.